The highest BCUT2D eigenvalue weighted by Crippen LogP contribution is 2.24. The SMILES string of the molecule is COc1ccc(C(=O)Nc2ccc(NC(C)=O)cc2)cc1S(N)(=O)=O. The lowest BCUT2D eigenvalue weighted by atomic mass is 10.2. The van der Waals surface area contributed by atoms with Crippen LogP contribution in [-0.4, -0.2) is 27.3 Å². The molecule has 0 fully saturated rings. The molecule has 0 aliphatic rings. The predicted molar refractivity (Wildman–Crippen MR) is 93.1 cm³/mol. The third-order valence-electron chi connectivity index (χ3n) is 3.20. The molecule has 8 nitrogen and oxygen atoms in total. The normalized spacial score (nSPS) is 10.8. The minimum Gasteiger partial charge on any atom is -0.495 e. The van der Waals surface area contributed by atoms with Crippen LogP contribution in [-0.2, 0) is 14.8 Å². The first-order valence-electron chi connectivity index (χ1n) is 7.10. The maximum absolute atomic E-state index is 12.3. The lowest BCUT2D eigenvalue weighted by molar-refractivity contribution is -0.114. The molecule has 0 atom stereocenters. The summed E-state index contributed by atoms with van der Waals surface area (Å²) < 4.78 is 28.2. The number of hydrogen-bond donors (Lipinski definition) is 3. The Kier molecular flexibility index (Phi) is 5.40. The highest BCUT2D eigenvalue weighted by molar-refractivity contribution is 7.89. The average Bonchev–Trinajstić information content (AvgIpc) is 2.54. The van der Waals surface area contributed by atoms with E-state index in [0.29, 0.717) is 11.4 Å². The summed E-state index contributed by atoms with van der Waals surface area (Å²) in [7, 11) is -2.73. The third kappa shape index (κ3) is 4.78. The number of anilines is 2. The maximum Gasteiger partial charge on any atom is 0.255 e. The highest BCUT2D eigenvalue weighted by Gasteiger charge is 2.18. The van der Waals surface area contributed by atoms with Gasteiger partial charge >= 0.3 is 0 Å². The molecular weight excluding hydrogens is 346 g/mol. The predicted octanol–water partition coefficient (Wildman–Crippen LogP) is 1.55. The zero-order chi connectivity index (χ0) is 18.6. The number of methoxy groups -OCH3 is 1. The Morgan fingerprint density at radius 2 is 1.56 bits per heavy atom. The van der Waals surface area contributed by atoms with Crippen LogP contribution in [0.4, 0.5) is 11.4 Å². The first kappa shape index (κ1) is 18.4. The summed E-state index contributed by atoms with van der Waals surface area (Å²) in [5.41, 5.74) is 1.18. The number of nitrogens with two attached hydrogens (primary N) is 1. The molecule has 2 aromatic rings. The second-order valence-corrected chi connectivity index (χ2v) is 6.65. The molecule has 0 saturated heterocycles. The van der Waals surface area contributed by atoms with E-state index in [9.17, 15) is 18.0 Å². The summed E-state index contributed by atoms with van der Waals surface area (Å²) in [6.45, 7) is 1.39. The molecule has 0 aliphatic carbocycles. The minimum absolute atomic E-state index is 0.0544. The summed E-state index contributed by atoms with van der Waals surface area (Å²) in [5.74, 6) is -0.663. The number of sulfonamides is 1. The van der Waals surface area contributed by atoms with E-state index in [1.165, 1.54) is 26.2 Å². The molecule has 0 bridgehead atoms. The van der Waals surface area contributed by atoms with Gasteiger partial charge in [-0.25, -0.2) is 13.6 Å². The molecule has 25 heavy (non-hydrogen) atoms. The van der Waals surface area contributed by atoms with Crippen LogP contribution in [0.5, 0.6) is 5.75 Å². The number of ether oxygens (including phenoxy) is 1. The summed E-state index contributed by atoms with van der Waals surface area (Å²) in [6.07, 6.45) is 0. The second-order valence-electron chi connectivity index (χ2n) is 5.12. The first-order valence-corrected chi connectivity index (χ1v) is 8.65. The van der Waals surface area contributed by atoms with Crippen molar-refractivity contribution in [2.45, 2.75) is 11.8 Å². The number of benzene rings is 2. The Labute approximate surface area is 145 Å². The topological polar surface area (TPSA) is 128 Å². The quantitative estimate of drug-likeness (QED) is 0.743. The standard InChI is InChI=1S/C16H17N3O5S/c1-10(20)18-12-4-6-13(7-5-12)19-16(21)11-3-8-14(24-2)15(9-11)25(17,22)23/h3-9H,1-2H3,(H,18,20)(H,19,21)(H2,17,22,23). The monoisotopic (exact) mass is 363 g/mol. The fourth-order valence-electron chi connectivity index (χ4n) is 2.08. The number of primary sulfonamides is 1. The fourth-order valence-corrected chi connectivity index (χ4v) is 2.81. The number of carbonyl (C=O) groups is 2. The molecular formula is C16H17N3O5S. The lowest BCUT2D eigenvalue weighted by Crippen LogP contribution is -2.16. The van der Waals surface area contributed by atoms with Gasteiger partial charge < -0.3 is 15.4 Å². The Hall–Kier alpha value is -2.91. The summed E-state index contributed by atoms with van der Waals surface area (Å²) >= 11 is 0. The van der Waals surface area contributed by atoms with Gasteiger partial charge in [0.15, 0.2) is 0 Å². The average molecular weight is 363 g/mol. The highest BCUT2D eigenvalue weighted by atomic mass is 32.2. The van der Waals surface area contributed by atoms with Crippen molar-refractivity contribution in [2.75, 3.05) is 17.7 Å². The van der Waals surface area contributed by atoms with Crippen LogP contribution >= 0.6 is 0 Å². The van der Waals surface area contributed by atoms with Gasteiger partial charge in [0.25, 0.3) is 5.91 Å². The van der Waals surface area contributed by atoms with Gasteiger partial charge in [0.2, 0.25) is 15.9 Å². The molecule has 2 amide bonds. The fraction of sp³-hybridized carbons (Fsp3) is 0.125. The van der Waals surface area contributed by atoms with Gasteiger partial charge in [-0.1, -0.05) is 0 Å². The molecule has 0 radical (unpaired) electrons. The van der Waals surface area contributed by atoms with Crippen molar-refractivity contribution < 1.29 is 22.7 Å². The maximum atomic E-state index is 12.3. The minimum atomic E-state index is -4.04. The van der Waals surface area contributed by atoms with E-state index in [1.54, 1.807) is 24.3 Å². The largest absolute Gasteiger partial charge is 0.495 e. The smallest absolute Gasteiger partial charge is 0.255 e. The zero-order valence-corrected chi connectivity index (χ0v) is 14.4. The number of carbonyl (C=O) groups excluding carboxylic acids is 2. The second kappa shape index (κ2) is 7.32. The van der Waals surface area contributed by atoms with E-state index in [2.05, 4.69) is 10.6 Å². The van der Waals surface area contributed by atoms with E-state index in [1.807, 2.05) is 0 Å². The van der Waals surface area contributed by atoms with Crippen molar-refractivity contribution in [3.05, 3.63) is 48.0 Å². The Morgan fingerprint density at radius 3 is 2.04 bits per heavy atom. The molecule has 0 saturated carbocycles. The van der Waals surface area contributed by atoms with Crippen LogP contribution in [0.3, 0.4) is 0 Å². The van der Waals surface area contributed by atoms with Crippen molar-refractivity contribution in [1.82, 2.24) is 0 Å². The lowest BCUT2D eigenvalue weighted by Gasteiger charge is -2.10. The molecule has 4 N–H and O–H groups in total. The van der Waals surface area contributed by atoms with Gasteiger partial charge in [0, 0.05) is 23.9 Å². The van der Waals surface area contributed by atoms with Gasteiger partial charge in [-0.2, -0.15) is 0 Å². The Bertz CT molecular complexity index is 908. The van der Waals surface area contributed by atoms with Crippen LogP contribution in [0.2, 0.25) is 0 Å². The molecule has 0 spiro atoms. The number of hydrogen-bond acceptors (Lipinski definition) is 5. The summed E-state index contributed by atoms with van der Waals surface area (Å²) in [6, 6.07) is 10.4. The number of nitrogens with one attached hydrogen (secondary N) is 2. The van der Waals surface area contributed by atoms with Crippen LogP contribution in [0.15, 0.2) is 47.4 Å². The van der Waals surface area contributed by atoms with Crippen LogP contribution < -0.4 is 20.5 Å². The Morgan fingerprint density at radius 1 is 1.00 bits per heavy atom. The van der Waals surface area contributed by atoms with E-state index < -0.39 is 15.9 Å². The summed E-state index contributed by atoms with van der Waals surface area (Å²) in [5, 5.41) is 10.4. The molecule has 0 heterocycles. The van der Waals surface area contributed by atoms with E-state index >= 15 is 0 Å². The molecule has 0 unspecified atom stereocenters. The summed E-state index contributed by atoms with van der Waals surface area (Å²) in [4.78, 5) is 23.0. The van der Waals surface area contributed by atoms with Crippen LogP contribution in [0, 0.1) is 0 Å². The van der Waals surface area contributed by atoms with Gasteiger partial charge in [-0.15, -0.1) is 0 Å². The van der Waals surface area contributed by atoms with E-state index in [4.69, 9.17) is 9.88 Å². The van der Waals surface area contributed by atoms with Crippen molar-refractivity contribution in [2.24, 2.45) is 5.14 Å². The van der Waals surface area contributed by atoms with Crippen molar-refractivity contribution in [3.8, 4) is 5.75 Å². The van der Waals surface area contributed by atoms with Gasteiger partial charge in [-0.05, 0) is 42.5 Å². The molecule has 0 aromatic heterocycles. The van der Waals surface area contributed by atoms with Crippen LogP contribution in [0.1, 0.15) is 17.3 Å². The molecule has 9 heteroatoms. The molecule has 2 rings (SSSR count). The van der Waals surface area contributed by atoms with Gasteiger partial charge in [0.1, 0.15) is 10.6 Å². The van der Waals surface area contributed by atoms with E-state index in [-0.39, 0.29) is 22.1 Å². The number of amides is 2. The van der Waals surface area contributed by atoms with Crippen molar-refractivity contribution >= 4 is 33.2 Å². The zero-order valence-electron chi connectivity index (χ0n) is 13.6. The van der Waals surface area contributed by atoms with Crippen molar-refractivity contribution in [3.63, 3.8) is 0 Å². The van der Waals surface area contributed by atoms with Gasteiger partial charge in [0.05, 0.1) is 7.11 Å². The third-order valence-corrected chi connectivity index (χ3v) is 4.13. The molecule has 132 valence electrons. The van der Waals surface area contributed by atoms with Gasteiger partial charge in [-0.3, -0.25) is 9.59 Å². The first-order chi connectivity index (χ1) is 11.7. The molecule has 0 aliphatic heterocycles. The molecule has 2 aromatic carbocycles. The van der Waals surface area contributed by atoms with Crippen LogP contribution in [0.25, 0.3) is 0 Å². The Balaban J connectivity index is 2.22. The van der Waals surface area contributed by atoms with Crippen molar-refractivity contribution in [1.29, 1.82) is 0 Å². The number of rotatable bonds is 5. The van der Waals surface area contributed by atoms with E-state index in [0.717, 1.165) is 6.07 Å².